The molecule has 0 spiro atoms. The normalized spacial score (nSPS) is 10.7. The van der Waals surface area contributed by atoms with Crippen LogP contribution >= 0.6 is 0 Å². The molecule has 1 amide bonds. The Morgan fingerprint density at radius 3 is 2.76 bits per heavy atom. The van der Waals surface area contributed by atoms with E-state index in [4.69, 9.17) is 5.73 Å². The van der Waals surface area contributed by atoms with Gasteiger partial charge in [-0.3, -0.25) is 9.59 Å². The Hall–Kier alpha value is -3.15. The summed E-state index contributed by atoms with van der Waals surface area (Å²) in [6.45, 7) is 0. The molecule has 0 saturated heterocycles. The minimum Gasteiger partial charge on any atom is -0.423 e. The van der Waals surface area contributed by atoms with Gasteiger partial charge in [0.05, 0.1) is 0 Å². The predicted octanol–water partition coefficient (Wildman–Crippen LogP) is 1.40. The van der Waals surface area contributed by atoms with Gasteiger partial charge < -0.3 is 10.9 Å². The molecular formula is C15H11N3O3. The average molecular weight is 281 g/mol. The summed E-state index contributed by atoms with van der Waals surface area (Å²) in [6.07, 6.45) is 1.48. The van der Waals surface area contributed by atoms with Crippen molar-refractivity contribution in [2.24, 2.45) is 5.73 Å². The molecule has 3 N–H and O–H groups in total. The molecule has 0 fully saturated rings. The fourth-order valence-corrected chi connectivity index (χ4v) is 2.22. The lowest BCUT2D eigenvalue weighted by atomic mass is 10.0. The van der Waals surface area contributed by atoms with Gasteiger partial charge >= 0.3 is 0 Å². The van der Waals surface area contributed by atoms with Crippen LogP contribution in [0.1, 0.15) is 10.4 Å². The molecule has 3 aromatic rings. The summed E-state index contributed by atoms with van der Waals surface area (Å²) in [5.74, 6) is -0.546. The highest BCUT2D eigenvalue weighted by atomic mass is 16.5. The first kappa shape index (κ1) is 12.9. The zero-order valence-electron chi connectivity index (χ0n) is 10.9. The maximum Gasteiger partial charge on any atom is 0.285 e. The number of primary amides is 1. The van der Waals surface area contributed by atoms with E-state index in [9.17, 15) is 14.8 Å². The number of rotatable bonds is 2. The van der Waals surface area contributed by atoms with Crippen LogP contribution < -0.4 is 11.3 Å². The van der Waals surface area contributed by atoms with Crippen molar-refractivity contribution in [3.05, 3.63) is 64.6 Å². The zero-order chi connectivity index (χ0) is 15.0. The van der Waals surface area contributed by atoms with E-state index in [1.807, 2.05) is 0 Å². The first-order valence-electron chi connectivity index (χ1n) is 6.18. The number of carbonyl (C=O) groups is 1. The van der Waals surface area contributed by atoms with Crippen LogP contribution in [-0.4, -0.2) is 20.8 Å². The van der Waals surface area contributed by atoms with E-state index >= 15 is 0 Å². The maximum atomic E-state index is 11.8. The second kappa shape index (κ2) is 4.75. The molecule has 104 valence electrons. The largest absolute Gasteiger partial charge is 0.423 e. The monoisotopic (exact) mass is 281 g/mol. The lowest BCUT2D eigenvalue weighted by molar-refractivity contribution is 0.100. The van der Waals surface area contributed by atoms with Crippen LogP contribution in [0.3, 0.4) is 0 Å². The van der Waals surface area contributed by atoms with Crippen molar-refractivity contribution < 1.29 is 10.0 Å². The number of nitrogens with two attached hydrogens (primary N) is 1. The van der Waals surface area contributed by atoms with Crippen molar-refractivity contribution in [1.29, 1.82) is 0 Å². The molecule has 21 heavy (non-hydrogen) atoms. The molecule has 2 heterocycles. The van der Waals surface area contributed by atoms with Crippen LogP contribution in [0.25, 0.3) is 22.2 Å². The molecule has 0 aliphatic rings. The molecule has 0 bridgehead atoms. The second-order valence-electron chi connectivity index (χ2n) is 4.53. The van der Waals surface area contributed by atoms with Crippen molar-refractivity contribution in [3.63, 3.8) is 0 Å². The van der Waals surface area contributed by atoms with E-state index < -0.39 is 11.5 Å². The minimum absolute atomic E-state index is 0.157. The van der Waals surface area contributed by atoms with Gasteiger partial charge in [-0.05, 0) is 35.4 Å². The molecule has 3 rings (SSSR count). The zero-order valence-corrected chi connectivity index (χ0v) is 10.9. The Bertz CT molecular complexity index is 915. The summed E-state index contributed by atoms with van der Waals surface area (Å²) in [5, 5.41) is 10.3. The Kier molecular flexibility index (Phi) is 2.91. The third-order valence-electron chi connectivity index (χ3n) is 3.21. The summed E-state index contributed by atoms with van der Waals surface area (Å²) in [7, 11) is 0. The number of hydrogen-bond acceptors (Lipinski definition) is 4. The Morgan fingerprint density at radius 1 is 1.19 bits per heavy atom. The number of nitrogens with zero attached hydrogens (tertiary/aromatic N) is 2. The van der Waals surface area contributed by atoms with Crippen LogP contribution in [0.15, 0.2) is 53.5 Å². The number of benzene rings is 1. The molecule has 0 unspecified atom stereocenters. The topological polar surface area (TPSA) is 98.2 Å². The van der Waals surface area contributed by atoms with Gasteiger partial charge in [-0.2, -0.15) is 0 Å². The van der Waals surface area contributed by atoms with Gasteiger partial charge in [0.1, 0.15) is 0 Å². The van der Waals surface area contributed by atoms with Gasteiger partial charge in [0.25, 0.3) is 5.56 Å². The minimum atomic E-state index is -0.597. The summed E-state index contributed by atoms with van der Waals surface area (Å²) < 4.78 is 0.497. The summed E-state index contributed by atoms with van der Waals surface area (Å²) in [4.78, 5) is 27.1. The van der Waals surface area contributed by atoms with E-state index in [2.05, 4.69) is 4.98 Å². The third kappa shape index (κ3) is 2.12. The van der Waals surface area contributed by atoms with Gasteiger partial charge in [-0.15, -0.1) is 4.73 Å². The maximum absolute atomic E-state index is 11.8. The van der Waals surface area contributed by atoms with E-state index in [1.165, 1.54) is 12.3 Å². The number of aromatic nitrogens is 2. The van der Waals surface area contributed by atoms with Crippen LogP contribution in [-0.2, 0) is 0 Å². The van der Waals surface area contributed by atoms with E-state index in [0.717, 1.165) is 0 Å². The van der Waals surface area contributed by atoms with Crippen molar-refractivity contribution in [3.8, 4) is 11.1 Å². The fourth-order valence-electron chi connectivity index (χ4n) is 2.22. The van der Waals surface area contributed by atoms with Crippen molar-refractivity contribution in [2.45, 2.75) is 0 Å². The van der Waals surface area contributed by atoms with Crippen LogP contribution in [0, 0.1) is 0 Å². The molecule has 1 aromatic carbocycles. The third-order valence-corrected chi connectivity index (χ3v) is 3.21. The molecule has 6 heteroatoms. The number of carbonyl (C=O) groups excluding carboxylic acids is 1. The fraction of sp³-hybridized carbons (Fsp3) is 0. The van der Waals surface area contributed by atoms with Crippen LogP contribution in [0.5, 0.6) is 0 Å². The number of fused-ring (bicyclic) bond motifs is 1. The van der Waals surface area contributed by atoms with Crippen LogP contribution in [0.4, 0.5) is 0 Å². The number of amides is 1. The van der Waals surface area contributed by atoms with Gasteiger partial charge in [0, 0.05) is 23.2 Å². The second-order valence-corrected chi connectivity index (χ2v) is 4.53. The molecule has 0 saturated carbocycles. The molecule has 0 aliphatic heterocycles. The molecule has 0 radical (unpaired) electrons. The van der Waals surface area contributed by atoms with E-state index in [1.54, 1.807) is 36.4 Å². The van der Waals surface area contributed by atoms with E-state index in [-0.39, 0.29) is 5.65 Å². The van der Waals surface area contributed by atoms with Gasteiger partial charge in [0.2, 0.25) is 5.91 Å². The summed E-state index contributed by atoms with van der Waals surface area (Å²) >= 11 is 0. The first-order valence-corrected chi connectivity index (χ1v) is 6.18. The Morgan fingerprint density at radius 2 is 2.00 bits per heavy atom. The van der Waals surface area contributed by atoms with Crippen molar-refractivity contribution in [1.82, 2.24) is 9.71 Å². The summed E-state index contributed by atoms with van der Waals surface area (Å²) in [6, 6.07) is 11.4. The molecular weight excluding hydrogens is 270 g/mol. The smallest absolute Gasteiger partial charge is 0.285 e. The van der Waals surface area contributed by atoms with Gasteiger partial charge in [0.15, 0.2) is 5.65 Å². The molecule has 0 atom stereocenters. The standard InChI is InChI=1S/C15H11N3O3/c16-14(20)10-4-1-3-9(7-10)12-8-13(19)18(21)15-11(12)5-2-6-17-15/h1-8,21H,(H2,16,20). The Labute approximate surface area is 119 Å². The number of hydrogen-bond donors (Lipinski definition) is 2. The molecule has 2 aromatic heterocycles. The predicted molar refractivity (Wildman–Crippen MR) is 77.1 cm³/mol. The summed E-state index contributed by atoms with van der Waals surface area (Å²) in [5.41, 5.74) is 6.41. The highest BCUT2D eigenvalue weighted by Crippen LogP contribution is 2.26. The highest BCUT2D eigenvalue weighted by Gasteiger charge is 2.11. The first-order chi connectivity index (χ1) is 10.1. The highest BCUT2D eigenvalue weighted by molar-refractivity contribution is 5.97. The number of pyridine rings is 2. The van der Waals surface area contributed by atoms with Gasteiger partial charge in [-0.1, -0.05) is 12.1 Å². The lowest BCUT2D eigenvalue weighted by Gasteiger charge is -2.09. The average Bonchev–Trinajstić information content (AvgIpc) is 2.51. The van der Waals surface area contributed by atoms with E-state index in [0.29, 0.717) is 26.8 Å². The molecule has 0 aliphatic carbocycles. The lowest BCUT2D eigenvalue weighted by Crippen LogP contribution is -2.18. The molecule has 6 nitrogen and oxygen atoms in total. The van der Waals surface area contributed by atoms with Crippen molar-refractivity contribution >= 4 is 16.9 Å². The quantitative estimate of drug-likeness (QED) is 0.694. The van der Waals surface area contributed by atoms with Gasteiger partial charge in [-0.25, -0.2) is 4.98 Å². The van der Waals surface area contributed by atoms with Crippen LogP contribution in [0.2, 0.25) is 0 Å². The SMILES string of the molecule is NC(=O)c1cccc(-c2cc(=O)n(O)c3ncccc23)c1. The van der Waals surface area contributed by atoms with Crippen molar-refractivity contribution in [2.75, 3.05) is 0 Å². The Balaban J connectivity index is 2.35.